The van der Waals surface area contributed by atoms with Gasteiger partial charge in [-0.15, -0.1) is 0 Å². The molecule has 3 aromatic rings. The van der Waals surface area contributed by atoms with Crippen LogP contribution < -0.4 is 0 Å². The number of nitrogens with zero attached hydrogens (tertiary/aromatic N) is 2. The third-order valence-electron chi connectivity index (χ3n) is 5.50. The summed E-state index contributed by atoms with van der Waals surface area (Å²) in [6, 6.07) is 11.8. The average molecular weight is 379 g/mol. The van der Waals surface area contributed by atoms with E-state index in [0.717, 1.165) is 35.0 Å². The summed E-state index contributed by atoms with van der Waals surface area (Å²) in [5, 5.41) is 18.7. The summed E-state index contributed by atoms with van der Waals surface area (Å²) in [5.74, 6) is -0.198. The van der Waals surface area contributed by atoms with Crippen LogP contribution >= 0.6 is 0 Å². The van der Waals surface area contributed by atoms with Crippen molar-refractivity contribution < 1.29 is 14.6 Å². The number of carbonyl (C=O) groups is 1. The smallest absolute Gasteiger partial charge is 0.257 e. The Morgan fingerprint density at radius 3 is 2.82 bits per heavy atom. The Kier molecular flexibility index (Phi) is 5.05. The molecule has 0 atom stereocenters. The van der Waals surface area contributed by atoms with Crippen LogP contribution in [-0.4, -0.2) is 52.4 Å². The van der Waals surface area contributed by atoms with Gasteiger partial charge in [-0.25, -0.2) is 0 Å². The molecule has 1 aromatic heterocycles. The molecule has 0 unspecified atom stereocenters. The number of aromatic amines is 1. The number of amides is 1. The molecule has 1 aliphatic rings. The normalized spacial score (nSPS) is 15.1. The van der Waals surface area contributed by atoms with E-state index in [0.29, 0.717) is 25.2 Å². The van der Waals surface area contributed by atoms with E-state index in [9.17, 15) is 9.90 Å². The molecule has 6 heteroatoms. The molecule has 0 radical (unpaired) electrons. The quantitative estimate of drug-likeness (QED) is 0.728. The Bertz CT molecular complexity index is 1010. The fourth-order valence-corrected chi connectivity index (χ4v) is 3.86. The highest BCUT2D eigenvalue weighted by Gasteiger charge is 2.26. The van der Waals surface area contributed by atoms with Gasteiger partial charge in [-0.2, -0.15) is 5.10 Å². The van der Waals surface area contributed by atoms with Crippen LogP contribution in [0.25, 0.3) is 10.9 Å². The summed E-state index contributed by atoms with van der Waals surface area (Å²) in [6.07, 6.45) is 2.29. The number of nitrogens with one attached hydrogen (secondary N) is 1. The number of aromatic hydroxyl groups is 1. The van der Waals surface area contributed by atoms with Crippen molar-refractivity contribution in [2.75, 3.05) is 20.3 Å². The number of carbonyl (C=O) groups excluding carboxylic acids is 1. The van der Waals surface area contributed by atoms with Crippen LogP contribution in [0, 0.1) is 6.92 Å². The van der Waals surface area contributed by atoms with Crippen molar-refractivity contribution in [1.29, 1.82) is 0 Å². The van der Waals surface area contributed by atoms with Crippen molar-refractivity contribution in [3.05, 3.63) is 58.8 Å². The number of fused-ring (bicyclic) bond motifs is 1. The highest BCUT2D eigenvalue weighted by atomic mass is 16.5. The van der Waals surface area contributed by atoms with E-state index in [-0.39, 0.29) is 17.7 Å². The molecule has 2 aromatic carbocycles. The summed E-state index contributed by atoms with van der Waals surface area (Å²) in [7, 11) is 1.80. The standard InChI is InChI=1S/C22H25N3O3/c1-14-4-3-5-15(10-14)11-19-17-12-18(21(26)13-20(17)24-23-19)22(27)25(2)16-6-8-28-9-7-16/h3-5,10,12-13,16,26H,6-9,11H2,1-2H3,(H,23,24). The molecular formula is C22H25N3O3. The lowest BCUT2D eigenvalue weighted by Gasteiger charge is -2.31. The molecule has 146 valence electrons. The SMILES string of the molecule is Cc1cccc(Cc2n[nH]c3cc(O)c(C(=O)N(C)C4CCOCC4)cc23)c1. The van der Waals surface area contributed by atoms with Gasteiger partial charge in [-0.05, 0) is 31.4 Å². The summed E-state index contributed by atoms with van der Waals surface area (Å²) in [5.41, 5.74) is 4.26. The van der Waals surface area contributed by atoms with E-state index in [4.69, 9.17) is 4.74 Å². The van der Waals surface area contributed by atoms with Crippen LogP contribution in [0.1, 0.15) is 40.0 Å². The first-order valence-corrected chi connectivity index (χ1v) is 9.63. The van der Waals surface area contributed by atoms with Crippen molar-refractivity contribution in [3.8, 4) is 5.75 Å². The predicted molar refractivity (Wildman–Crippen MR) is 108 cm³/mol. The van der Waals surface area contributed by atoms with Crippen LogP contribution in [-0.2, 0) is 11.2 Å². The molecule has 2 heterocycles. The summed E-state index contributed by atoms with van der Waals surface area (Å²) in [4.78, 5) is 14.8. The molecule has 2 N–H and O–H groups in total. The van der Waals surface area contributed by atoms with Crippen molar-refractivity contribution in [2.24, 2.45) is 0 Å². The Morgan fingerprint density at radius 2 is 2.07 bits per heavy atom. The average Bonchev–Trinajstić information content (AvgIpc) is 3.08. The van der Waals surface area contributed by atoms with E-state index in [1.165, 1.54) is 5.56 Å². The van der Waals surface area contributed by atoms with Crippen LogP contribution in [0.15, 0.2) is 36.4 Å². The topological polar surface area (TPSA) is 78.4 Å². The number of aryl methyl sites for hydroxylation is 1. The van der Waals surface area contributed by atoms with E-state index in [2.05, 4.69) is 35.3 Å². The summed E-state index contributed by atoms with van der Waals surface area (Å²) in [6.45, 7) is 3.39. The van der Waals surface area contributed by atoms with Gasteiger partial charge in [-0.1, -0.05) is 29.8 Å². The third kappa shape index (κ3) is 3.60. The zero-order valence-corrected chi connectivity index (χ0v) is 16.2. The van der Waals surface area contributed by atoms with Crippen molar-refractivity contribution >= 4 is 16.8 Å². The first-order chi connectivity index (χ1) is 13.5. The van der Waals surface area contributed by atoms with Gasteiger partial charge < -0.3 is 14.7 Å². The second-order valence-corrected chi connectivity index (χ2v) is 7.51. The molecular weight excluding hydrogens is 354 g/mol. The Morgan fingerprint density at radius 1 is 1.29 bits per heavy atom. The second-order valence-electron chi connectivity index (χ2n) is 7.51. The molecule has 0 saturated carbocycles. The summed E-state index contributed by atoms with van der Waals surface area (Å²) >= 11 is 0. The molecule has 0 spiro atoms. The number of phenolic OH excluding ortho intramolecular Hbond substituents is 1. The fourth-order valence-electron chi connectivity index (χ4n) is 3.86. The molecule has 1 fully saturated rings. The Hall–Kier alpha value is -2.86. The van der Waals surface area contributed by atoms with Crippen LogP contribution in [0.4, 0.5) is 0 Å². The number of aromatic nitrogens is 2. The van der Waals surface area contributed by atoms with Crippen LogP contribution in [0.2, 0.25) is 0 Å². The minimum Gasteiger partial charge on any atom is -0.507 e. The maximum absolute atomic E-state index is 13.0. The van der Waals surface area contributed by atoms with Gasteiger partial charge >= 0.3 is 0 Å². The van der Waals surface area contributed by atoms with E-state index in [1.807, 2.05) is 6.07 Å². The highest BCUT2D eigenvalue weighted by molar-refractivity contribution is 6.01. The first kappa shape index (κ1) is 18.5. The monoisotopic (exact) mass is 379 g/mol. The zero-order valence-electron chi connectivity index (χ0n) is 16.2. The van der Waals surface area contributed by atoms with Crippen LogP contribution in [0.5, 0.6) is 5.75 Å². The summed E-state index contributed by atoms with van der Waals surface area (Å²) < 4.78 is 5.39. The Labute approximate surface area is 164 Å². The maximum atomic E-state index is 13.0. The minimum absolute atomic E-state index is 0.0258. The number of hydrogen-bond acceptors (Lipinski definition) is 4. The molecule has 1 saturated heterocycles. The molecule has 28 heavy (non-hydrogen) atoms. The number of rotatable bonds is 4. The minimum atomic E-state index is -0.172. The molecule has 6 nitrogen and oxygen atoms in total. The highest BCUT2D eigenvalue weighted by Crippen LogP contribution is 2.29. The lowest BCUT2D eigenvalue weighted by atomic mass is 10.0. The van der Waals surface area contributed by atoms with Gasteiger partial charge in [0.1, 0.15) is 5.75 Å². The molecule has 1 aliphatic heterocycles. The number of hydrogen-bond donors (Lipinski definition) is 2. The number of H-pyrrole nitrogens is 1. The first-order valence-electron chi connectivity index (χ1n) is 9.63. The fraction of sp³-hybridized carbons (Fsp3) is 0.364. The molecule has 1 amide bonds. The van der Waals surface area contributed by atoms with Gasteiger partial charge in [0.2, 0.25) is 0 Å². The molecule has 0 bridgehead atoms. The largest absolute Gasteiger partial charge is 0.507 e. The van der Waals surface area contributed by atoms with E-state index in [1.54, 1.807) is 24.1 Å². The van der Waals surface area contributed by atoms with Gasteiger partial charge in [0.05, 0.1) is 16.8 Å². The van der Waals surface area contributed by atoms with Crippen LogP contribution in [0.3, 0.4) is 0 Å². The third-order valence-corrected chi connectivity index (χ3v) is 5.50. The Balaban J connectivity index is 1.65. The molecule has 4 rings (SSSR count). The van der Waals surface area contributed by atoms with Gasteiger partial charge in [0.15, 0.2) is 0 Å². The maximum Gasteiger partial charge on any atom is 0.257 e. The number of phenols is 1. The zero-order chi connectivity index (χ0) is 19.7. The number of ether oxygens (including phenoxy) is 1. The van der Waals surface area contributed by atoms with Gasteiger partial charge in [0.25, 0.3) is 5.91 Å². The van der Waals surface area contributed by atoms with Gasteiger partial charge in [0, 0.05) is 44.2 Å². The van der Waals surface area contributed by atoms with Crippen molar-refractivity contribution in [2.45, 2.75) is 32.2 Å². The lowest BCUT2D eigenvalue weighted by molar-refractivity contribution is 0.0361. The van der Waals surface area contributed by atoms with E-state index >= 15 is 0 Å². The second kappa shape index (κ2) is 7.64. The van der Waals surface area contributed by atoms with Crippen molar-refractivity contribution in [3.63, 3.8) is 0 Å². The van der Waals surface area contributed by atoms with E-state index < -0.39 is 0 Å². The lowest BCUT2D eigenvalue weighted by Crippen LogP contribution is -2.40. The van der Waals surface area contributed by atoms with Crippen molar-refractivity contribution in [1.82, 2.24) is 15.1 Å². The predicted octanol–water partition coefficient (Wildman–Crippen LogP) is 3.42. The number of benzene rings is 2. The van der Waals surface area contributed by atoms with Gasteiger partial charge in [-0.3, -0.25) is 9.89 Å². The molecule has 0 aliphatic carbocycles.